The lowest BCUT2D eigenvalue weighted by atomic mass is 9.81. The van der Waals surface area contributed by atoms with Crippen LogP contribution in [-0.2, 0) is 11.5 Å². The molecule has 3 aromatic rings. The van der Waals surface area contributed by atoms with Gasteiger partial charge in [-0.05, 0) is 50.4 Å². The van der Waals surface area contributed by atoms with Crippen LogP contribution in [0.1, 0.15) is 32.1 Å². The van der Waals surface area contributed by atoms with Crippen LogP contribution in [-0.4, -0.2) is 54.4 Å². The third-order valence-corrected chi connectivity index (χ3v) is 9.18. The molecule has 0 bridgehead atoms. The van der Waals surface area contributed by atoms with E-state index in [-0.39, 0.29) is 11.4 Å². The van der Waals surface area contributed by atoms with Crippen LogP contribution in [0, 0.1) is 5.82 Å². The fraction of sp³-hybridized carbons (Fsp3) is 0.556. The van der Waals surface area contributed by atoms with E-state index in [1.54, 1.807) is 12.3 Å². The van der Waals surface area contributed by atoms with Crippen LogP contribution in [0.3, 0.4) is 0 Å². The number of fused-ring (bicyclic) bond motifs is 1. The minimum absolute atomic E-state index is 0.190. The summed E-state index contributed by atoms with van der Waals surface area (Å²) in [5.41, 5.74) is 3.97. The van der Waals surface area contributed by atoms with Crippen LogP contribution < -0.4 is 10.2 Å². The predicted octanol–water partition coefficient (Wildman–Crippen LogP) is 5.66. The van der Waals surface area contributed by atoms with Crippen LogP contribution >= 0.6 is 0 Å². The first-order chi connectivity index (χ1) is 16.8. The van der Waals surface area contributed by atoms with Gasteiger partial charge in [-0.1, -0.05) is 26.1 Å². The van der Waals surface area contributed by atoms with E-state index in [1.165, 1.54) is 37.6 Å². The maximum Gasteiger partial charge on any atom is 0.144 e. The fourth-order valence-electron chi connectivity index (χ4n) is 5.60. The summed E-state index contributed by atoms with van der Waals surface area (Å²) < 4.78 is 22.4. The van der Waals surface area contributed by atoms with E-state index in [1.807, 2.05) is 6.20 Å². The minimum Gasteiger partial charge on any atom is -0.369 e. The zero-order valence-electron chi connectivity index (χ0n) is 21.3. The molecule has 0 saturated carbocycles. The second-order valence-electron chi connectivity index (χ2n) is 11.5. The van der Waals surface area contributed by atoms with E-state index in [0.717, 1.165) is 60.9 Å². The van der Waals surface area contributed by atoms with Crippen molar-refractivity contribution in [2.75, 3.05) is 31.1 Å². The van der Waals surface area contributed by atoms with Gasteiger partial charge in [0.05, 0.1) is 11.6 Å². The number of aromatic nitrogens is 3. The summed E-state index contributed by atoms with van der Waals surface area (Å²) in [6, 6.07) is 4.81. The van der Waals surface area contributed by atoms with Crippen LogP contribution in [0.15, 0.2) is 36.9 Å². The Kier molecular flexibility index (Phi) is 6.97. The van der Waals surface area contributed by atoms with Gasteiger partial charge in [0.25, 0.3) is 0 Å². The highest BCUT2D eigenvalue weighted by molar-refractivity contribution is 6.76. The van der Waals surface area contributed by atoms with Crippen molar-refractivity contribution in [2.45, 2.75) is 70.1 Å². The highest BCUT2D eigenvalue weighted by Gasteiger charge is 2.37. The van der Waals surface area contributed by atoms with Gasteiger partial charge in [-0.15, -0.1) is 0 Å². The zero-order chi connectivity index (χ0) is 24.5. The second kappa shape index (κ2) is 9.99. The number of pyridine rings is 2. The number of anilines is 1. The number of halogens is 1. The molecule has 2 aliphatic heterocycles. The summed E-state index contributed by atoms with van der Waals surface area (Å²) in [5, 5.41) is 4.91. The zero-order valence-corrected chi connectivity index (χ0v) is 22.3. The lowest BCUT2D eigenvalue weighted by Gasteiger charge is -2.47. The summed E-state index contributed by atoms with van der Waals surface area (Å²) >= 11 is 0. The number of nitrogens with zero attached hydrogens (tertiary/aromatic N) is 4. The average molecular weight is 496 g/mol. The molecule has 1 atom stereocenters. The normalized spacial score (nSPS) is 21.2. The van der Waals surface area contributed by atoms with E-state index in [2.05, 4.69) is 51.7 Å². The van der Waals surface area contributed by atoms with E-state index in [9.17, 15) is 4.39 Å². The Morgan fingerprint density at radius 1 is 1.17 bits per heavy atom. The molecule has 6 nitrogen and oxygen atoms in total. The highest BCUT2D eigenvalue weighted by atomic mass is 28.3. The van der Waals surface area contributed by atoms with Crippen molar-refractivity contribution in [1.82, 2.24) is 19.9 Å². The van der Waals surface area contributed by atoms with Gasteiger partial charge in [-0.3, -0.25) is 4.98 Å². The van der Waals surface area contributed by atoms with Gasteiger partial charge in [0.2, 0.25) is 0 Å². The molecule has 0 aromatic carbocycles. The molecule has 188 valence electrons. The number of piperidine rings is 2. The maximum absolute atomic E-state index is 14.2. The van der Waals surface area contributed by atoms with Gasteiger partial charge in [0.15, 0.2) is 0 Å². The van der Waals surface area contributed by atoms with E-state index in [0.29, 0.717) is 6.73 Å². The summed E-state index contributed by atoms with van der Waals surface area (Å²) in [7, 11) is -1.17. The SMILES string of the molecule is C[Si](C)(C)CCOCn1cc(-c2cncc(F)c2)c2c(N3CCCC4(CCCCN4)C3)ccnc21. The average Bonchev–Trinajstić information content (AvgIpc) is 3.21. The van der Waals surface area contributed by atoms with Crippen LogP contribution in [0.4, 0.5) is 10.1 Å². The van der Waals surface area contributed by atoms with Gasteiger partial charge in [-0.25, -0.2) is 9.37 Å². The van der Waals surface area contributed by atoms with Crippen molar-refractivity contribution in [2.24, 2.45) is 0 Å². The second-order valence-corrected chi connectivity index (χ2v) is 17.1. The number of nitrogens with one attached hydrogen (secondary N) is 1. The Morgan fingerprint density at radius 2 is 2.03 bits per heavy atom. The third kappa shape index (κ3) is 5.44. The molecule has 2 aliphatic rings. The first-order valence-electron chi connectivity index (χ1n) is 13.0. The summed E-state index contributed by atoms with van der Waals surface area (Å²) in [5.74, 6) is -0.330. The van der Waals surface area contributed by atoms with Crippen molar-refractivity contribution in [3.05, 3.63) is 42.7 Å². The molecule has 5 heterocycles. The monoisotopic (exact) mass is 495 g/mol. The number of hydrogen-bond donors (Lipinski definition) is 1. The molecule has 5 rings (SSSR count). The Morgan fingerprint density at radius 3 is 2.80 bits per heavy atom. The van der Waals surface area contributed by atoms with Crippen molar-refractivity contribution in [1.29, 1.82) is 0 Å². The minimum atomic E-state index is -1.17. The molecule has 2 fully saturated rings. The van der Waals surface area contributed by atoms with Crippen molar-refractivity contribution < 1.29 is 9.13 Å². The first kappa shape index (κ1) is 24.4. The van der Waals surface area contributed by atoms with Gasteiger partial charge >= 0.3 is 0 Å². The molecule has 1 unspecified atom stereocenters. The van der Waals surface area contributed by atoms with Gasteiger partial charge < -0.3 is 19.5 Å². The Balaban J connectivity index is 1.52. The Hall–Kier alpha value is -2.29. The molecule has 8 heteroatoms. The molecule has 2 saturated heterocycles. The molecule has 1 spiro atoms. The molecule has 0 amide bonds. The van der Waals surface area contributed by atoms with Crippen molar-refractivity contribution in [3.8, 4) is 11.1 Å². The van der Waals surface area contributed by atoms with Crippen LogP contribution in [0.5, 0.6) is 0 Å². The molecule has 35 heavy (non-hydrogen) atoms. The lowest BCUT2D eigenvalue weighted by Crippen LogP contribution is -2.59. The first-order valence-corrected chi connectivity index (χ1v) is 16.7. The number of hydrogen-bond acceptors (Lipinski definition) is 5. The van der Waals surface area contributed by atoms with Crippen LogP contribution in [0.25, 0.3) is 22.2 Å². The Labute approximate surface area is 208 Å². The van der Waals surface area contributed by atoms with Gasteiger partial charge in [0.1, 0.15) is 18.2 Å². The van der Waals surface area contributed by atoms with Crippen molar-refractivity contribution >= 4 is 24.8 Å². The van der Waals surface area contributed by atoms with Gasteiger partial charge in [0, 0.05) is 68.7 Å². The smallest absolute Gasteiger partial charge is 0.144 e. The molecular formula is C27H38FN5OSi. The summed E-state index contributed by atoms with van der Waals surface area (Å²) in [6.07, 6.45) is 13.1. The lowest BCUT2D eigenvalue weighted by molar-refractivity contribution is 0.0899. The molecule has 0 aliphatic carbocycles. The molecular weight excluding hydrogens is 457 g/mol. The predicted molar refractivity (Wildman–Crippen MR) is 143 cm³/mol. The topological polar surface area (TPSA) is 55.2 Å². The quantitative estimate of drug-likeness (QED) is 0.338. The molecule has 3 aromatic heterocycles. The summed E-state index contributed by atoms with van der Waals surface area (Å²) in [4.78, 5) is 11.4. The number of rotatable bonds is 7. The van der Waals surface area contributed by atoms with Crippen LogP contribution in [0.2, 0.25) is 25.7 Å². The van der Waals surface area contributed by atoms with E-state index in [4.69, 9.17) is 9.72 Å². The molecule has 1 N–H and O–H groups in total. The fourth-order valence-corrected chi connectivity index (χ4v) is 6.35. The number of ether oxygens (including phenoxy) is 1. The third-order valence-electron chi connectivity index (χ3n) is 7.48. The summed E-state index contributed by atoms with van der Waals surface area (Å²) in [6.45, 7) is 11.4. The largest absolute Gasteiger partial charge is 0.369 e. The van der Waals surface area contributed by atoms with Gasteiger partial charge in [-0.2, -0.15) is 0 Å². The highest BCUT2D eigenvalue weighted by Crippen LogP contribution is 2.39. The maximum atomic E-state index is 14.2. The molecule has 0 radical (unpaired) electrons. The standard InChI is InChI=1S/C27H38FN5OSi/c1-35(2,3)14-13-34-20-33-18-23(21-15-22(28)17-29-16-21)25-24(7-11-30-26(25)33)32-12-6-9-27(19-32)8-4-5-10-31-27/h7,11,15-18,31H,4-6,8-10,12-14,19-20H2,1-3H3. The van der Waals surface area contributed by atoms with E-state index >= 15 is 0 Å². The van der Waals surface area contributed by atoms with Crippen molar-refractivity contribution in [3.63, 3.8) is 0 Å². The van der Waals surface area contributed by atoms with E-state index < -0.39 is 8.07 Å². The Bertz CT molecular complexity index is 1160.